The van der Waals surface area contributed by atoms with Crippen molar-refractivity contribution in [1.29, 1.82) is 0 Å². The molecule has 0 unspecified atom stereocenters. The maximum absolute atomic E-state index is 10.7. The summed E-state index contributed by atoms with van der Waals surface area (Å²) in [4.78, 5) is 10.7. The summed E-state index contributed by atoms with van der Waals surface area (Å²) in [5.41, 5.74) is 0.807. The first-order chi connectivity index (χ1) is 9.16. The lowest BCUT2D eigenvalue weighted by Gasteiger charge is -2.06. The summed E-state index contributed by atoms with van der Waals surface area (Å²) >= 11 is 1.19. The highest BCUT2D eigenvalue weighted by Crippen LogP contribution is 2.41. The van der Waals surface area contributed by atoms with Crippen LogP contribution in [0.4, 0.5) is 0 Å². The first-order valence-electron chi connectivity index (χ1n) is 5.88. The van der Waals surface area contributed by atoms with Gasteiger partial charge >= 0.3 is 5.97 Å². The lowest BCUT2D eigenvalue weighted by atomic mass is 10.2. The summed E-state index contributed by atoms with van der Waals surface area (Å²) in [6.45, 7) is 1.82. The molecule has 1 saturated carbocycles. The molecule has 19 heavy (non-hydrogen) atoms. The number of aryl methyl sites for hydroxylation is 1. The molecule has 0 atom stereocenters. The van der Waals surface area contributed by atoms with Crippen molar-refractivity contribution >= 4 is 17.7 Å². The van der Waals surface area contributed by atoms with Crippen molar-refractivity contribution in [2.75, 3.05) is 5.75 Å². The quantitative estimate of drug-likeness (QED) is 0.834. The third-order valence-electron chi connectivity index (χ3n) is 2.89. The van der Waals surface area contributed by atoms with Crippen LogP contribution in [0, 0.1) is 6.92 Å². The summed E-state index contributed by atoms with van der Waals surface area (Å²) in [7, 11) is 0. The molecule has 0 spiro atoms. The van der Waals surface area contributed by atoms with Crippen molar-refractivity contribution < 1.29 is 14.4 Å². The molecule has 8 heteroatoms. The zero-order chi connectivity index (χ0) is 13.4. The molecule has 3 rings (SSSR count). The van der Waals surface area contributed by atoms with Crippen molar-refractivity contribution in [1.82, 2.24) is 19.9 Å². The molecular formula is C11H12N4O3S. The van der Waals surface area contributed by atoms with E-state index in [1.54, 1.807) is 6.20 Å². The van der Waals surface area contributed by atoms with Crippen LogP contribution in [0.25, 0.3) is 11.4 Å². The van der Waals surface area contributed by atoms with Gasteiger partial charge in [-0.2, -0.15) is 0 Å². The molecule has 1 aliphatic rings. The number of carboxylic acid groups (broad SMARTS) is 1. The molecule has 1 fully saturated rings. The van der Waals surface area contributed by atoms with Gasteiger partial charge in [0.15, 0.2) is 11.0 Å². The minimum atomic E-state index is -0.863. The fourth-order valence-electron chi connectivity index (χ4n) is 1.86. The number of hydrogen-bond donors (Lipinski definition) is 1. The summed E-state index contributed by atoms with van der Waals surface area (Å²) in [5.74, 6) is 0.504. The molecule has 7 nitrogen and oxygen atoms in total. The predicted octanol–water partition coefficient (Wildman–Crippen LogP) is 1.75. The zero-order valence-electron chi connectivity index (χ0n) is 10.2. The lowest BCUT2D eigenvalue weighted by molar-refractivity contribution is -0.133. The Morgan fingerprint density at radius 1 is 1.58 bits per heavy atom. The molecule has 2 heterocycles. The molecule has 0 radical (unpaired) electrons. The third kappa shape index (κ3) is 2.35. The van der Waals surface area contributed by atoms with Gasteiger partial charge in [0.1, 0.15) is 5.76 Å². The van der Waals surface area contributed by atoms with Gasteiger partial charge in [0.2, 0.25) is 0 Å². The van der Waals surface area contributed by atoms with Crippen LogP contribution in [0.2, 0.25) is 0 Å². The Balaban J connectivity index is 1.97. The van der Waals surface area contributed by atoms with Gasteiger partial charge < -0.3 is 9.63 Å². The first-order valence-corrected chi connectivity index (χ1v) is 6.86. The van der Waals surface area contributed by atoms with Crippen LogP contribution in [-0.4, -0.2) is 36.7 Å². The Kier molecular flexibility index (Phi) is 3.02. The minimum absolute atomic E-state index is 0.0204. The Hall–Kier alpha value is -1.83. The van der Waals surface area contributed by atoms with Crippen molar-refractivity contribution in [2.24, 2.45) is 0 Å². The number of thioether (sulfide) groups is 1. The SMILES string of the molecule is Cc1oncc1-c1nnc(SCC(=O)O)n1C1CC1. The van der Waals surface area contributed by atoms with E-state index in [4.69, 9.17) is 9.63 Å². The molecule has 2 aromatic heterocycles. The van der Waals surface area contributed by atoms with Gasteiger partial charge in [0, 0.05) is 6.04 Å². The fourth-order valence-corrected chi connectivity index (χ4v) is 2.59. The van der Waals surface area contributed by atoms with Gasteiger partial charge in [-0.3, -0.25) is 9.36 Å². The molecular weight excluding hydrogens is 268 g/mol. The van der Waals surface area contributed by atoms with E-state index in [0.717, 1.165) is 18.4 Å². The van der Waals surface area contributed by atoms with Crippen LogP contribution in [0.5, 0.6) is 0 Å². The zero-order valence-corrected chi connectivity index (χ0v) is 11.1. The maximum atomic E-state index is 10.7. The Morgan fingerprint density at radius 2 is 2.37 bits per heavy atom. The van der Waals surface area contributed by atoms with Crippen molar-refractivity contribution in [2.45, 2.75) is 31.0 Å². The number of hydrogen-bond acceptors (Lipinski definition) is 6. The topological polar surface area (TPSA) is 94.0 Å². The van der Waals surface area contributed by atoms with E-state index >= 15 is 0 Å². The molecule has 0 aromatic carbocycles. The van der Waals surface area contributed by atoms with Gasteiger partial charge in [-0.25, -0.2) is 0 Å². The van der Waals surface area contributed by atoms with Gasteiger partial charge in [-0.15, -0.1) is 10.2 Å². The van der Waals surface area contributed by atoms with Crippen LogP contribution in [-0.2, 0) is 4.79 Å². The Labute approximate surface area is 113 Å². The average molecular weight is 280 g/mol. The number of carbonyl (C=O) groups is 1. The largest absolute Gasteiger partial charge is 0.481 e. The van der Waals surface area contributed by atoms with E-state index in [0.29, 0.717) is 22.8 Å². The predicted molar refractivity (Wildman–Crippen MR) is 66.9 cm³/mol. The molecule has 0 aliphatic heterocycles. The summed E-state index contributed by atoms with van der Waals surface area (Å²) in [6.07, 6.45) is 3.75. The van der Waals surface area contributed by atoms with Crippen LogP contribution >= 0.6 is 11.8 Å². The monoisotopic (exact) mass is 280 g/mol. The number of aromatic nitrogens is 4. The van der Waals surface area contributed by atoms with Gasteiger partial charge in [0.25, 0.3) is 0 Å². The third-order valence-corrected chi connectivity index (χ3v) is 3.82. The number of rotatable bonds is 5. The summed E-state index contributed by atoms with van der Waals surface area (Å²) in [6, 6.07) is 0.357. The van der Waals surface area contributed by atoms with Crippen LogP contribution in [0.15, 0.2) is 15.9 Å². The molecule has 1 N–H and O–H groups in total. The van der Waals surface area contributed by atoms with E-state index in [1.165, 1.54) is 11.8 Å². The highest BCUT2D eigenvalue weighted by Gasteiger charge is 2.31. The van der Waals surface area contributed by atoms with Gasteiger partial charge in [0.05, 0.1) is 17.5 Å². The molecule has 100 valence electrons. The second-order valence-electron chi connectivity index (χ2n) is 4.39. The molecule has 2 aromatic rings. The lowest BCUT2D eigenvalue weighted by Crippen LogP contribution is -2.03. The van der Waals surface area contributed by atoms with Crippen molar-refractivity contribution in [3.05, 3.63) is 12.0 Å². The maximum Gasteiger partial charge on any atom is 0.313 e. The van der Waals surface area contributed by atoms with Crippen LogP contribution in [0.3, 0.4) is 0 Å². The highest BCUT2D eigenvalue weighted by atomic mass is 32.2. The van der Waals surface area contributed by atoms with Crippen molar-refractivity contribution in [3.8, 4) is 11.4 Å². The van der Waals surface area contributed by atoms with Crippen LogP contribution in [0.1, 0.15) is 24.6 Å². The van der Waals surface area contributed by atoms with Crippen LogP contribution < -0.4 is 0 Å². The van der Waals surface area contributed by atoms with E-state index in [1.807, 2.05) is 11.5 Å². The standard InChI is InChI=1S/C11H12N4O3S/c1-6-8(4-12-18-6)10-13-14-11(19-5-9(16)17)15(10)7-2-3-7/h4,7H,2-3,5H2,1H3,(H,16,17). The van der Waals surface area contributed by atoms with E-state index in [9.17, 15) is 4.79 Å². The minimum Gasteiger partial charge on any atom is -0.481 e. The van der Waals surface area contributed by atoms with Crippen molar-refractivity contribution in [3.63, 3.8) is 0 Å². The highest BCUT2D eigenvalue weighted by molar-refractivity contribution is 7.99. The normalized spacial score (nSPS) is 14.8. The first kappa shape index (κ1) is 12.2. The number of carboxylic acids is 1. The van der Waals surface area contributed by atoms with Gasteiger partial charge in [-0.1, -0.05) is 16.9 Å². The van der Waals surface area contributed by atoms with E-state index in [2.05, 4.69) is 15.4 Å². The summed E-state index contributed by atoms with van der Waals surface area (Å²) in [5, 5.41) is 21.4. The average Bonchev–Trinajstić information content (AvgIpc) is 2.98. The van der Waals surface area contributed by atoms with E-state index < -0.39 is 5.97 Å². The second-order valence-corrected chi connectivity index (χ2v) is 5.33. The fraction of sp³-hybridized carbons (Fsp3) is 0.455. The van der Waals surface area contributed by atoms with E-state index in [-0.39, 0.29) is 5.75 Å². The molecule has 0 saturated heterocycles. The number of aliphatic carboxylic acids is 1. The molecule has 0 amide bonds. The Morgan fingerprint density at radius 3 is 2.95 bits per heavy atom. The molecule has 1 aliphatic carbocycles. The molecule has 0 bridgehead atoms. The Bertz CT molecular complexity index is 617. The second kappa shape index (κ2) is 4.69. The summed E-state index contributed by atoms with van der Waals surface area (Å²) < 4.78 is 7.04. The smallest absolute Gasteiger partial charge is 0.313 e. The number of nitrogens with zero attached hydrogens (tertiary/aromatic N) is 4. The van der Waals surface area contributed by atoms with Gasteiger partial charge in [-0.05, 0) is 19.8 Å².